The molecule has 3 aromatic carbocycles. The maximum Gasteiger partial charge on any atom is 0.243 e. The fourth-order valence-electron chi connectivity index (χ4n) is 4.83. The van der Waals surface area contributed by atoms with Crippen LogP contribution in [-0.4, -0.2) is 34.6 Å². The molecule has 1 aliphatic rings. The van der Waals surface area contributed by atoms with E-state index >= 15 is 0 Å². The van der Waals surface area contributed by atoms with Crippen LogP contribution in [0.3, 0.4) is 0 Å². The van der Waals surface area contributed by atoms with Crippen molar-refractivity contribution in [3.05, 3.63) is 106 Å². The van der Waals surface area contributed by atoms with Crippen molar-refractivity contribution in [2.75, 3.05) is 5.75 Å². The molecule has 4 rings (SSSR count). The Morgan fingerprint density at radius 1 is 0.921 bits per heavy atom. The van der Waals surface area contributed by atoms with E-state index in [0.717, 1.165) is 36.8 Å². The number of amides is 2. The van der Waals surface area contributed by atoms with Gasteiger partial charge in [0.15, 0.2) is 0 Å². The topological polar surface area (TPSA) is 49.4 Å². The number of carbonyl (C=O) groups is 2. The van der Waals surface area contributed by atoms with Gasteiger partial charge >= 0.3 is 0 Å². The van der Waals surface area contributed by atoms with Crippen LogP contribution in [0.5, 0.6) is 0 Å². The van der Waals surface area contributed by atoms with E-state index in [1.807, 2.05) is 42.5 Å². The summed E-state index contributed by atoms with van der Waals surface area (Å²) in [6, 6.07) is 23.2. The van der Waals surface area contributed by atoms with Crippen LogP contribution in [0.1, 0.15) is 48.8 Å². The molecular formula is C31H34ClFN2O2S. The molecule has 2 amide bonds. The Morgan fingerprint density at radius 3 is 2.32 bits per heavy atom. The van der Waals surface area contributed by atoms with E-state index in [4.69, 9.17) is 11.6 Å². The second-order valence-corrected chi connectivity index (χ2v) is 11.2. The van der Waals surface area contributed by atoms with Crippen molar-refractivity contribution in [1.82, 2.24) is 10.2 Å². The van der Waals surface area contributed by atoms with Crippen molar-refractivity contribution in [1.29, 1.82) is 0 Å². The molecule has 0 heterocycles. The van der Waals surface area contributed by atoms with Crippen LogP contribution < -0.4 is 5.32 Å². The Labute approximate surface area is 234 Å². The molecule has 0 aliphatic heterocycles. The summed E-state index contributed by atoms with van der Waals surface area (Å²) in [6.07, 6.45) is 5.75. The minimum Gasteiger partial charge on any atom is -0.352 e. The van der Waals surface area contributed by atoms with Crippen LogP contribution in [0.15, 0.2) is 78.9 Å². The Bertz CT molecular complexity index is 1190. The van der Waals surface area contributed by atoms with Crippen molar-refractivity contribution in [3.8, 4) is 0 Å². The van der Waals surface area contributed by atoms with Crippen molar-refractivity contribution in [3.63, 3.8) is 0 Å². The zero-order chi connectivity index (χ0) is 26.7. The van der Waals surface area contributed by atoms with Gasteiger partial charge in [0.05, 0.1) is 5.75 Å². The quantitative estimate of drug-likeness (QED) is 0.284. The lowest BCUT2D eigenvalue weighted by molar-refractivity contribution is -0.139. The average Bonchev–Trinajstić information content (AvgIpc) is 2.94. The second-order valence-electron chi connectivity index (χ2n) is 9.78. The fourth-order valence-corrected chi connectivity index (χ4v) is 5.85. The van der Waals surface area contributed by atoms with Crippen LogP contribution in [0.4, 0.5) is 4.39 Å². The van der Waals surface area contributed by atoms with Gasteiger partial charge in [0, 0.05) is 29.8 Å². The van der Waals surface area contributed by atoms with E-state index in [1.54, 1.807) is 35.2 Å². The van der Waals surface area contributed by atoms with Gasteiger partial charge in [-0.1, -0.05) is 91.5 Å². The SMILES string of the molecule is O=C(NC1CCCCC1)[C@@H](Cc1ccccc1)N(Cc1ccc(Cl)cc1)C(=O)CSCc1ccccc1F. The van der Waals surface area contributed by atoms with Crippen LogP contribution in [0.2, 0.25) is 5.02 Å². The monoisotopic (exact) mass is 552 g/mol. The Kier molecular flexibility index (Phi) is 10.6. The number of benzene rings is 3. The van der Waals surface area contributed by atoms with E-state index in [-0.39, 0.29) is 36.0 Å². The zero-order valence-corrected chi connectivity index (χ0v) is 23.0. The molecule has 0 unspecified atom stereocenters. The number of nitrogens with one attached hydrogen (secondary N) is 1. The summed E-state index contributed by atoms with van der Waals surface area (Å²) in [4.78, 5) is 29.2. The molecule has 7 heteroatoms. The van der Waals surface area contributed by atoms with Crippen LogP contribution in [-0.2, 0) is 28.3 Å². The van der Waals surface area contributed by atoms with Crippen LogP contribution in [0, 0.1) is 5.82 Å². The standard InChI is InChI=1S/C31H34ClFN2O2S/c32-26-17-15-24(16-18-26)20-35(30(36)22-38-21-25-11-7-8-14-28(25)33)29(19-23-9-3-1-4-10-23)31(37)34-27-12-5-2-6-13-27/h1,3-4,7-11,14-18,27,29H,2,5-6,12-13,19-22H2,(H,34,37)/t29-/m1/s1. The van der Waals surface area contributed by atoms with E-state index in [1.165, 1.54) is 24.2 Å². The number of rotatable bonds is 11. The Balaban J connectivity index is 1.56. The first-order valence-electron chi connectivity index (χ1n) is 13.2. The first-order chi connectivity index (χ1) is 18.5. The van der Waals surface area contributed by atoms with Gasteiger partial charge in [0.25, 0.3) is 0 Å². The molecule has 0 spiro atoms. The Morgan fingerprint density at radius 2 is 1.61 bits per heavy atom. The highest BCUT2D eigenvalue weighted by molar-refractivity contribution is 7.99. The van der Waals surface area contributed by atoms with Gasteiger partial charge in [-0.25, -0.2) is 4.39 Å². The highest BCUT2D eigenvalue weighted by Gasteiger charge is 2.31. The number of nitrogens with zero attached hydrogens (tertiary/aromatic N) is 1. The summed E-state index contributed by atoms with van der Waals surface area (Å²) in [6.45, 7) is 0.284. The lowest BCUT2D eigenvalue weighted by Gasteiger charge is -2.33. The maximum atomic E-state index is 14.1. The molecule has 1 fully saturated rings. The molecule has 0 bridgehead atoms. The lowest BCUT2D eigenvalue weighted by atomic mass is 9.94. The van der Waals surface area contributed by atoms with E-state index in [9.17, 15) is 14.0 Å². The van der Waals surface area contributed by atoms with Gasteiger partial charge in [0.2, 0.25) is 11.8 Å². The predicted molar refractivity (Wildman–Crippen MR) is 154 cm³/mol. The summed E-state index contributed by atoms with van der Waals surface area (Å²) in [5.41, 5.74) is 2.44. The van der Waals surface area contributed by atoms with Gasteiger partial charge in [-0.05, 0) is 47.7 Å². The second kappa shape index (κ2) is 14.4. The molecule has 38 heavy (non-hydrogen) atoms. The normalized spacial score (nSPS) is 14.6. The van der Waals surface area contributed by atoms with E-state index in [0.29, 0.717) is 22.8 Å². The first kappa shape index (κ1) is 28.2. The number of carbonyl (C=O) groups excluding carboxylic acids is 2. The largest absolute Gasteiger partial charge is 0.352 e. The summed E-state index contributed by atoms with van der Waals surface area (Å²) in [5, 5.41) is 3.86. The molecule has 0 saturated heterocycles. The smallest absolute Gasteiger partial charge is 0.243 e. The summed E-state index contributed by atoms with van der Waals surface area (Å²) in [7, 11) is 0. The van der Waals surface area contributed by atoms with E-state index in [2.05, 4.69) is 5.32 Å². The van der Waals surface area contributed by atoms with E-state index < -0.39 is 6.04 Å². The molecule has 3 aromatic rings. The highest BCUT2D eigenvalue weighted by Crippen LogP contribution is 2.22. The third kappa shape index (κ3) is 8.34. The van der Waals surface area contributed by atoms with Gasteiger partial charge in [0.1, 0.15) is 11.9 Å². The molecule has 1 atom stereocenters. The number of halogens is 2. The number of thioether (sulfide) groups is 1. The van der Waals surface area contributed by atoms with Gasteiger partial charge in [-0.15, -0.1) is 11.8 Å². The predicted octanol–water partition coefficient (Wildman–Crippen LogP) is 6.80. The molecule has 200 valence electrons. The average molecular weight is 553 g/mol. The zero-order valence-electron chi connectivity index (χ0n) is 21.5. The van der Waals surface area contributed by atoms with Crippen LogP contribution in [0.25, 0.3) is 0 Å². The van der Waals surface area contributed by atoms with Crippen LogP contribution >= 0.6 is 23.4 Å². The molecule has 4 nitrogen and oxygen atoms in total. The molecule has 1 saturated carbocycles. The van der Waals surface area contributed by atoms with Gasteiger partial charge < -0.3 is 10.2 Å². The molecule has 1 N–H and O–H groups in total. The highest BCUT2D eigenvalue weighted by atomic mass is 35.5. The fraction of sp³-hybridized carbons (Fsp3) is 0.355. The number of hydrogen-bond donors (Lipinski definition) is 1. The molecular weight excluding hydrogens is 519 g/mol. The van der Waals surface area contributed by atoms with Gasteiger partial charge in [-0.3, -0.25) is 9.59 Å². The minimum absolute atomic E-state index is 0.123. The summed E-state index contributed by atoms with van der Waals surface area (Å²) < 4.78 is 14.1. The third-order valence-electron chi connectivity index (χ3n) is 6.93. The molecule has 0 radical (unpaired) electrons. The van der Waals surface area contributed by atoms with Crippen molar-refractivity contribution in [2.24, 2.45) is 0 Å². The summed E-state index contributed by atoms with van der Waals surface area (Å²) in [5.74, 6) is -0.0307. The van der Waals surface area contributed by atoms with Gasteiger partial charge in [-0.2, -0.15) is 0 Å². The summed E-state index contributed by atoms with van der Waals surface area (Å²) >= 11 is 7.46. The minimum atomic E-state index is -0.670. The lowest BCUT2D eigenvalue weighted by Crippen LogP contribution is -2.53. The number of hydrogen-bond acceptors (Lipinski definition) is 3. The molecule has 0 aromatic heterocycles. The van der Waals surface area contributed by atoms with Crippen molar-refractivity contribution >= 4 is 35.2 Å². The Hall–Kier alpha value is -2.83. The third-order valence-corrected chi connectivity index (χ3v) is 8.15. The first-order valence-corrected chi connectivity index (χ1v) is 14.7. The van der Waals surface area contributed by atoms with Crippen molar-refractivity contribution in [2.45, 2.75) is 62.9 Å². The molecule has 1 aliphatic carbocycles. The van der Waals surface area contributed by atoms with Crippen molar-refractivity contribution < 1.29 is 14.0 Å². The maximum absolute atomic E-state index is 14.1.